The lowest BCUT2D eigenvalue weighted by Crippen LogP contribution is -2.37. The van der Waals surface area contributed by atoms with E-state index in [0.717, 1.165) is 35.2 Å². The average Bonchev–Trinajstić information content (AvgIpc) is 3.39. The number of hydrogen-bond donors (Lipinski definition) is 0. The molecule has 1 fully saturated rings. The third-order valence-corrected chi connectivity index (χ3v) is 6.75. The Labute approximate surface area is 191 Å². The molecule has 0 saturated carbocycles. The van der Waals surface area contributed by atoms with Crippen LogP contribution in [0.1, 0.15) is 39.7 Å². The molecule has 1 amide bonds. The van der Waals surface area contributed by atoms with Crippen molar-refractivity contribution in [2.45, 2.75) is 25.7 Å². The summed E-state index contributed by atoms with van der Waals surface area (Å²) in [6.45, 7) is 3.53. The van der Waals surface area contributed by atoms with Crippen molar-refractivity contribution < 1.29 is 4.79 Å². The number of aryl methyl sites for hydroxylation is 1. The normalized spacial score (nSPS) is 14.5. The molecule has 0 unspecified atom stereocenters. The van der Waals surface area contributed by atoms with E-state index in [1.807, 2.05) is 29.3 Å². The fourth-order valence-corrected chi connectivity index (χ4v) is 4.84. The van der Waals surface area contributed by atoms with Gasteiger partial charge in [0, 0.05) is 48.7 Å². The molecule has 160 valence electrons. The number of aromatic nitrogens is 4. The minimum Gasteiger partial charge on any atom is -0.338 e. The molecule has 0 radical (unpaired) electrons. The van der Waals surface area contributed by atoms with Crippen LogP contribution in [0.4, 0.5) is 0 Å². The van der Waals surface area contributed by atoms with Gasteiger partial charge in [0.2, 0.25) is 0 Å². The van der Waals surface area contributed by atoms with E-state index in [1.54, 1.807) is 24.1 Å². The van der Waals surface area contributed by atoms with Crippen LogP contribution in [-0.2, 0) is 0 Å². The summed E-state index contributed by atoms with van der Waals surface area (Å²) in [6.07, 6.45) is 8.88. The Bertz CT molecular complexity index is 1220. The summed E-state index contributed by atoms with van der Waals surface area (Å²) in [5.41, 5.74) is 7.09. The summed E-state index contributed by atoms with van der Waals surface area (Å²) in [5.74, 6) is 1.02. The minimum absolute atomic E-state index is 0.0730. The van der Waals surface area contributed by atoms with Crippen LogP contribution in [0.15, 0.2) is 66.7 Å². The van der Waals surface area contributed by atoms with Gasteiger partial charge in [-0.25, -0.2) is 9.97 Å². The minimum atomic E-state index is 0.0730. The number of pyridine rings is 1. The number of thiazole rings is 1. The summed E-state index contributed by atoms with van der Waals surface area (Å²) in [7, 11) is 0. The van der Waals surface area contributed by atoms with Crippen molar-refractivity contribution in [3.63, 3.8) is 0 Å². The molecule has 1 aliphatic heterocycles. The van der Waals surface area contributed by atoms with E-state index in [1.165, 1.54) is 16.9 Å². The van der Waals surface area contributed by atoms with Crippen LogP contribution in [0.25, 0.3) is 22.5 Å². The van der Waals surface area contributed by atoms with Gasteiger partial charge in [0.25, 0.3) is 5.91 Å². The molecule has 1 aliphatic rings. The maximum absolute atomic E-state index is 12.7. The maximum atomic E-state index is 12.7. The van der Waals surface area contributed by atoms with Crippen LogP contribution in [0.3, 0.4) is 0 Å². The maximum Gasteiger partial charge on any atom is 0.265 e. The van der Waals surface area contributed by atoms with Crippen molar-refractivity contribution in [3.05, 3.63) is 82.8 Å². The van der Waals surface area contributed by atoms with Gasteiger partial charge in [0.15, 0.2) is 5.82 Å². The molecular weight excluding hydrogens is 418 g/mol. The van der Waals surface area contributed by atoms with Gasteiger partial charge in [-0.15, -0.1) is 11.3 Å². The molecule has 6 nitrogen and oxygen atoms in total. The molecule has 3 aromatic heterocycles. The molecule has 4 heterocycles. The molecule has 0 spiro atoms. The van der Waals surface area contributed by atoms with Gasteiger partial charge >= 0.3 is 0 Å². The molecule has 7 heteroatoms. The van der Waals surface area contributed by atoms with E-state index in [0.29, 0.717) is 23.8 Å². The van der Waals surface area contributed by atoms with Crippen molar-refractivity contribution in [3.8, 4) is 22.5 Å². The van der Waals surface area contributed by atoms with Crippen molar-refractivity contribution >= 4 is 17.2 Å². The molecule has 0 N–H and O–H groups in total. The summed E-state index contributed by atoms with van der Waals surface area (Å²) in [4.78, 5) is 33.4. The van der Waals surface area contributed by atoms with Crippen LogP contribution >= 0.6 is 11.3 Å². The fraction of sp³-hybridized carbons (Fsp3) is 0.240. The van der Waals surface area contributed by atoms with Crippen molar-refractivity contribution in [2.75, 3.05) is 13.1 Å². The smallest absolute Gasteiger partial charge is 0.265 e. The zero-order chi connectivity index (χ0) is 21.9. The molecule has 1 aromatic carbocycles. The van der Waals surface area contributed by atoms with Crippen LogP contribution in [0, 0.1) is 6.92 Å². The number of rotatable bonds is 4. The van der Waals surface area contributed by atoms with Crippen LogP contribution in [-0.4, -0.2) is 43.8 Å². The lowest BCUT2D eigenvalue weighted by Gasteiger charge is -2.32. The first-order valence-corrected chi connectivity index (χ1v) is 11.6. The van der Waals surface area contributed by atoms with Gasteiger partial charge in [-0.05, 0) is 43.0 Å². The largest absolute Gasteiger partial charge is 0.338 e. The van der Waals surface area contributed by atoms with Crippen LogP contribution < -0.4 is 0 Å². The first-order chi connectivity index (χ1) is 15.7. The average molecular weight is 442 g/mol. The monoisotopic (exact) mass is 441 g/mol. The predicted octanol–water partition coefficient (Wildman–Crippen LogP) is 4.99. The molecule has 5 rings (SSSR count). The first-order valence-electron chi connectivity index (χ1n) is 10.7. The summed E-state index contributed by atoms with van der Waals surface area (Å²) in [5, 5.41) is 0. The Morgan fingerprint density at radius 3 is 2.56 bits per heavy atom. The number of piperidine rings is 1. The standard InChI is InChI=1S/C25H23N5OS/c1-17-5-2-3-7-20(17)21-14-28-24(19-6-4-10-26-13-19)29-23(21)18-8-11-30(12-9-18)25(31)22-15-27-16-32-22/h2-7,10,13-16,18H,8-9,11-12H2,1H3. The fourth-order valence-electron chi connectivity index (χ4n) is 4.26. The number of amides is 1. The lowest BCUT2D eigenvalue weighted by molar-refractivity contribution is 0.0717. The lowest BCUT2D eigenvalue weighted by atomic mass is 9.87. The third-order valence-electron chi connectivity index (χ3n) is 5.99. The van der Waals surface area contributed by atoms with Gasteiger partial charge in [-0.1, -0.05) is 24.3 Å². The number of nitrogens with zero attached hydrogens (tertiary/aromatic N) is 5. The highest BCUT2D eigenvalue weighted by Crippen LogP contribution is 2.36. The Morgan fingerprint density at radius 2 is 1.84 bits per heavy atom. The summed E-state index contributed by atoms with van der Waals surface area (Å²) >= 11 is 1.39. The highest BCUT2D eigenvalue weighted by Gasteiger charge is 2.28. The topological polar surface area (TPSA) is 71.9 Å². The summed E-state index contributed by atoms with van der Waals surface area (Å²) in [6, 6.07) is 12.2. The van der Waals surface area contributed by atoms with Gasteiger partial charge in [0.1, 0.15) is 4.88 Å². The SMILES string of the molecule is Cc1ccccc1-c1cnc(-c2cccnc2)nc1C1CCN(C(=O)c2cncs2)CC1. The van der Waals surface area contributed by atoms with E-state index in [2.05, 4.69) is 40.1 Å². The van der Waals surface area contributed by atoms with Gasteiger partial charge in [-0.2, -0.15) is 0 Å². The molecule has 0 bridgehead atoms. The molecule has 0 atom stereocenters. The second-order valence-electron chi connectivity index (χ2n) is 7.98. The predicted molar refractivity (Wildman–Crippen MR) is 125 cm³/mol. The van der Waals surface area contributed by atoms with Crippen molar-refractivity contribution in [1.82, 2.24) is 24.8 Å². The van der Waals surface area contributed by atoms with E-state index in [-0.39, 0.29) is 11.8 Å². The number of carbonyl (C=O) groups is 1. The second-order valence-corrected chi connectivity index (χ2v) is 8.87. The highest BCUT2D eigenvalue weighted by molar-refractivity contribution is 7.11. The summed E-state index contributed by atoms with van der Waals surface area (Å²) < 4.78 is 0. The third kappa shape index (κ3) is 4.03. The van der Waals surface area contributed by atoms with Crippen LogP contribution in [0.5, 0.6) is 0 Å². The number of carbonyl (C=O) groups excluding carboxylic acids is 1. The molecule has 0 aliphatic carbocycles. The van der Waals surface area contributed by atoms with Crippen LogP contribution in [0.2, 0.25) is 0 Å². The van der Waals surface area contributed by atoms with Gasteiger partial charge in [-0.3, -0.25) is 14.8 Å². The first kappa shape index (κ1) is 20.5. The number of likely N-dealkylation sites (tertiary alicyclic amines) is 1. The van der Waals surface area contributed by atoms with Crippen molar-refractivity contribution in [1.29, 1.82) is 0 Å². The Kier molecular flexibility index (Phi) is 5.73. The van der Waals surface area contributed by atoms with E-state index in [9.17, 15) is 4.79 Å². The molecule has 4 aromatic rings. The molecular formula is C25H23N5OS. The second kappa shape index (κ2) is 8.96. The molecule has 32 heavy (non-hydrogen) atoms. The van der Waals surface area contributed by atoms with E-state index in [4.69, 9.17) is 4.98 Å². The van der Waals surface area contributed by atoms with Gasteiger partial charge < -0.3 is 4.90 Å². The number of benzene rings is 1. The zero-order valence-electron chi connectivity index (χ0n) is 17.8. The Hall–Kier alpha value is -3.45. The van der Waals surface area contributed by atoms with Crippen molar-refractivity contribution in [2.24, 2.45) is 0 Å². The Morgan fingerprint density at radius 1 is 1.00 bits per heavy atom. The number of hydrogen-bond acceptors (Lipinski definition) is 6. The zero-order valence-corrected chi connectivity index (χ0v) is 18.6. The Balaban J connectivity index is 1.47. The van der Waals surface area contributed by atoms with Gasteiger partial charge in [0.05, 0.1) is 17.4 Å². The quantitative estimate of drug-likeness (QED) is 0.446. The van der Waals surface area contributed by atoms with E-state index < -0.39 is 0 Å². The molecule has 1 saturated heterocycles. The highest BCUT2D eigenvalue weighted by atomic mass is 32.1. The van der Waals surface area contributed by atoms with E-state index >= 15 is 0 Å².